The molecule has 0 saturated carbocycles. The SMILES string of the molecule is CCC[C@@H](CN1N=CN(c2ccc(N3CCN(c4ccc(N)cc4)CC3)cc2)C1C=O)OCc1ccccc1. The predicted molar refractivity (Wildman–Crippen MR) is 159 cm³/mol. The molecule has 2 aliphatic heterocycles. The fourth-order valence-corrected chi connectivity index (χ4v) is 5.20. The highest BCUT2D eigenvalue weighted by molar-refractivity contribution is 5.87. The van der Waals surface area contributed by atoms with Crippen LogP contribution in [-0.2, 0) is 16.1 Å². The number of nitrogens with two attached hydrogens (primary N) is 1. The van der Waals surface area contributed by atoms with Gasteiger partial charge >= 0.3 is 0 Å². The summed E-state index contributed by atoms with van der Waals surface area (Å²) in [5.41, 5.74) is 11.1. The van der Waals surface area contributed by atoms with Crippen LogP contribution in [0.2, 0.25) is 0 Å². The van der Waals surface area contributed by atoms with E-state index in [0.717, 1.165) is 62.2 Å². The Bertz CT molecular complexity index is 1210. The first-order valence-corrected chi connectivity index (χ1v) is 13.8. The van der Waals surface area contributed by atoms with Crippen LogP contribution < -0.4 is 20.4 Å². The molecule has 5 rings (SSSR count). The number of hydrogen-bond donors (Lipinski definition) is 1. The zero-order chi connectivity index (χ0) is 27.0. The summed E-state index contributed by atoms with van der Waals surface area (Å²) in [4.78, 5) is 18.9. The van der Waals surface area contributed by atoms with E-state index in [1.54, 1.807) is 6.34 Å². The van der Waals surface area contributed by atoms with E-state index in [2.05, 4.69) is 70.4 Å². The number of benzene rings is 3. The van der Waals surface area contributed by atoms with Crippen molar-refractivity contribution in [3.63, 3.8) is 0 Å². The van der Waals surface area contributed by atoms with Crippen molar-refractivity contribution < 1.29 is 9.53 Å². The number of piperazine rings is 1. The maximum atomic E-state index is 12.2. The van der Waals surface area contributed by atoms with Crippen LogP contribution in [0.1, 0.15) is 25.3 Å². The molecule has 1 fully saturated rings. The van der Waals surface area contributed by atoms with Gasteiger partial charge in [-0.25, -0.2) is 0 Å². The first-order valence-electron chi connectivity index (χ1n) is 13.8. The van der Waals surface area contributed by atoms with Crippen molar-refractivity contribution in [2.45, 2.75) is 38.6 Å². The van der Waals surface area contributed by atoms with Crippen molar-refractivity contribution >= 4 is 35.4 Å². The van der Waals surface area contributed by atoms with Crippen molar-refractivity contribution in [1.29, 1.82) is 0 Å². The Labute approximate surface area is 231 Å². The van der Waals surface area contributed by atoms with E-state index in [9.17, 15) is 4.79 Å². The second-order valence-corrected chi connectivity index (χ2v) is 10.1. The third kappa shape index (κ3) is 6.52. The van der Waals surface area contributed by atoms with Crippen LogP contribution >= 0.6 is 0 Å². The third-order valence-corrected chi connectivity index (χ3v) is 7.42. The summed E-state index contributed by atoms with van der Waals surface area (Å²) in [5, 5.41) is 6.41. The summed E-state index contributed by atoms with van der Waals surface area (Å²) in [7, 11) is 0. The first kappa shape index (κ1) is 26.6. The van der Waals surface area contributed by atoms with Crippen molar-refractivity contribution in [2.75, 3.05) is 53.2 Å². The van der Waals surface area contributed by atoms with E-state index in [0.29, 0.717) is 13.2 Å². The molecule has 39 heavy (non-hydrogen) atoms. The van der Waals surface area contributed by atoms with Gasteiger partial charge in [0.1, 0.15) is 6.34 Å². The zero-order valence-corrected chi connectivity index (χ0v) is 22.6. The number of nitrogen functional groups attached to an aromatic ring is 1. The maximum absolute atomic E-state index is 12.2. The Kier molecular flexibility index (Phi) is 8.63. The van der Waals surface area contributed by atoms with Crippen LogP contribution in [0.4, 0.5) is 22.7 Å². The molecule has 2 atom stereocenters. The van der Waals surface area contributed by atoms with Crippen molar-refractivity contribution in [3.8, 4) is 0 Å². The lowest BCUT2D eigenvalue weighted by atomic mass is 10.2. The largest absolute Gasteiger partial charge is 0.399 e. The average Bonchev–Trinajstić information content (AvgIpc) is 3.39. The van der Waals surface area contributed by atoms with Gasteiger partial charge in [0.15, 0.2) is 12.5 Å². The van der Waals surface area contributed by atoms with Gasteiger partial charge < -0.3 is 25.2 Å². The molecule has 8 nitrogen and oxygen atoms in total. The van der Waals surface area contributed by atoms with Crippen LogP contribution in [-0.4, -0.2) is 62.6 Å². The minimum atomic E-state index is -0.487. The quantitative estimate of drug-likeness (QED) is 0.290. The number of carbonyl (C=O) groups excluding carboxylic acids is 1. The number of hydrogen-bond acceptors (Lipinski definition) is 8. The lowest BCUT2D eigenvalue weighted by molar-refractivity contribution is -0.112. The van der Waals surface area contributed by atoms with Gasteiger partial charge in [-0.1, -0.05) is 43.7 Å². The van der Waals surface area contributed by atoms with Gasteiger partial charge in [-0.15, -0.1) is 0 Å². The van der Waals surface area contributed by atoms with Gasteiger partial charge in [0, 0.05) is 48.9 Å². The van der Waals surface area contributed by atoms with E-state index in [1.165, 1.54) is 11.4 Å². The van der Waals surface area contributed by atoms with Gasteiger partial charge in [-0.05, 0) is 60.5 Å². The lowest BCUT2D eigenvalue weighted by Crippen LogP contribution is -2.46. The Morgan fingerprint density at radius 1 is 0.897 bits per heavy atom. The molecular formula is C31H38N6O2. The molecule has 3 aromatic carbocycles. The molecule has 3 aromatic rings. The van der Waals surface area contributed by atoms with Crippen LogP contribution in [0.5, 0.6) is 0 Å². The number of carbonyl (C=O) groups is 1. The molecule has 0 bridgehead atoms. The standard InChI is InChI=1S/C31H38N6O2/c1-2-6-30(39-23-25-7-4-3-5-8-25)21-37-31(22-38)36(24-33-37)29-15-13-28(14-16-29)35-19-17-34(18-20-35)27-11-9-26(32)10-12-27/h3-5,7-16,22,24,30-31H,2,6,17-21,23,32H2,1H3/t30-,31?/m0/s1. The molecule has 2 heterocycles. The molecule has 0 radical (unpaired) electrons. The molecule has 0 aromatic heterocycles. The number of anilines is 4. The number of ether oxygens (including phenoxy) is 1. The molecule has 204 valence electrons. The Hall–Kier alpha value is -4.04. The smallest absolute Gasteiger partial charge is 0.179 e. The molecule has 0 spiro atoms. The van der Waals surface area contributed by atoms with E-state index < -0.39 is 6.17 Å². The van der Waals surface area contributed by atoms with Crippen LogP contribution in [0.25, 0.3) is 0 Å². The summed E-state index contributed by atoms with van der Waals surface area (Å²) >= 11 is 0. The molecule has 1 unspecified atom stereocenters. The summed E-state index contributed by atoms with van der Waals surface area (Å²) in [5.74, 6) is 0. The molecule has 0 amide bonds. The summed E-state index contributed by atoms with van der Waals surface area (Å²) in [6.07, 6.45) is 4.12. The normalized spacial score (nSPS) is 18.0. The Balaban J connectivity index is 1.17. The van der Waals surface area contributed by atoms with Gasteiger partial charge in [0.05, 0.1) is 19.3 Å². The Morgan fingerprint density at radius 3 is 2.08 bits per heavy atom. The van der Waals surface area contributed by atoms with Crippen LogP contribution in [0.15, 0.2) is 84.0 Å². The summed E-state index contributed by atoms with van der Waals surface area (Å²) in [6, 6.07) is 26.7. The molecular weight excluding hydrogens is 488 g/mol. The Morgan fingerprint density at radius 2 is 1.49 bits per heavy atom. The van der Waals surface area contributed by atoms with Crippen LogP contribution in [0.3, 0.4) is 0 Å². The number of aldehydes is 1. The fourth-order valence-electron chi connectivity index (χ4n) is 5.20. The molecule has 2 aliphatic rings. The first-order chi connectivity index (χ1) is 19.1. The number of nitrogens with zero attached hydrogens (tertiary/aromatic N) is 5. The van der Waals surface area contributed by atoms with Gasteiger partial charge in [0.25, 0.3) is 0 Å². The molecule has 1 saturated heterocycles. The van der Waals surface area contributed by atoms with E-state index in [-0.39, 0.29) is 6.10 Å². The average molecular weight is 527 g/mol. The maximum Gasteiger partial charge on any atom is 0.179 e. The summed E-state index contributed by atoms with van der Waals surface area (Å²) in [6.45, 7) is 7.06. The molecule has 8 heteroatoms. The van der Waals surface area contributed by atoms with E-state index in [4.69, 9.17) is 10.5 Å². The highest BCUT2D eigenvalue weighted by atomic mass is 16.5. The second kappa shape index (κ2) is 12.7. The topological polar surface area (TPSA) is 77.6 Å². The minimum Gasteiger partial charge on any atom is -0.399 e. The second-order valence-electron chi connectivity index (χ2n) is 10.1. The van der Waals surface area contributed by atoms with Crippen molar-refractivity contribution in [1.82, 2.24) is 5.01 Å². The van der Waals surface area contributed by atoms with Gasteiger partial charge in [-0.2, -0.15) is 5.10 Å². The van der Waals surface area contributed by atoms with E-state index in [1.807, 2.05) is 40.2 Å². The van der Waals surface area contributed by atoms with Gasteiger partial charge in [-0.3, -0.25) is 9.80 Å². The van der Waals surface area contributed by atoms with Crippen LogP contribution in [0, 0.1) is 0 Å². The minimum absolute atomic E-state index is 0.0101. The monoisotopic (exact) mass is 526 g/mol. The highest BCUT2D eigenvalue weighted by Crippen LogP contribution is 2.27. The van der Waals surface area contributed by atoms with Gasteiger partial charge in [0.2, 0.25) is 0 Å². The lowest BCUT2D eigenvalue weighted by Gasteiger charge is -2.37. The molecule has 0 aliphatic carbocycles. The summed E-state index contributed by atoms with van der Waals surface area (Å²) < 4.78 is 6.22. The van der Waals surface area contributed by atoms with E-state index >= 15 is 0 Å². The zero-order valence-electron chi connectivity index (χ0n) is 22.6. The predicted octanol–water partition coefficient (Wildman–Crippen LogP) is 4.57. The third-order valence-electron chi connectivity index (χ3n) is 7.42. The molecule has 2 N–H and O–H groups in total. The highest BCUT2D eigenvalue weighted by Gasteiger charge is 2.30. The van der Waals surface area contributed by atoms with Crippen molar-refractivity contribution in [3.05, 3.63) is 84.4 Å². The fraction of sp³-hybridized carbons (Fsp3) is 0.355. The van der Waals surface area contributed by atoms with Crippen molar-refractivity contribution in [2.24, 2.45) is 5.10 Å². The number of hydrazone groups is 1. The number of rotatable bonds is 11.